The fourth-order valence-corrected chi connectivity index (χ4v) is 3.87. The van der Waals surface area contributed by atoms with Crippen LogP contribution in [-0.4, -0.2) is 23.4 Å². The van der Waals surface area contributed by atoms with Crippen LogP contribution in [-0.2, 0) is 12.8 Å². The molecule has 0 saturated carbocycles. The van der Waals surface area contributed by atoms with Crippen LogP contribution >= 0.6 is 15.9 Å². The minimum absolute atomic E-state index is 0.489. The summed E-state index contributed by atoms with van der Waals surface area (Å²) < 4.78 is 13.0. The summed E-state index contributed by atoms with van der Waals surface area (Å²) in [6.07, 6.45) is 3.99. The number of H-pyrrole nitrogens is 1. The van der Waals surface area contributed by atoms with Crippen molar-refractivity contribution in [2.75, 3.05) is 18.9 Å². The highest BCUT2D eigenvalue weighted by Crippen LogP contribution is 2.49. The third kappa shape index (κ3) is 2.00. The summed E-state index contributed by atoms with van der Waals surface area (Å²) in [5, 5.41) is 7.07. The molecule has 0 unspecified atom stereocenters. The molecule has 2 aliphatic heterocycles. The Bertz CT molecular complexity index is 674. The Kier molecular flexibility index (Phi) is 3.06. The van der Waals surface area contributed by atoms with Crippen molar-refractivity contribution in [3.05, 3.63) is 21.7 Å². The number of hydrogen-bond donors (Lipinski definition) is 2. The van der Waals surface area contributed by atoms with Gasteiger partial charge in [-0.1, -0.05) is 0 Å². The molecule has 0 radical (unpaired) electrons. The summed E-state index contributed by atoms with van der Waals surface area (Å²) in [7, 11) is 0. The van der Waals surface area contributed by atoms with Crippen molar-refractivity contribution < 1.29 is 9.47 Å². The molecule has 0 saturated heterocycles. The van der Waals surface area contributed by atoms with Gasteiger partial charge in [0.1, 0.15) is 17.3 Å². The predicted octanol–water partition coefficient (Wildman–Crippen LogP) is 3.07. The Balaban J connectivity index is 2.03. The van der Waals surface area contributed by atoms with E-state index in [4.69, 9.17) is 15.2 Å². The summed E-state index contributed by atoms with van der Waals surface area (Å²) in [5.41, 5.74) is 10.1. The molecule has 0 bridgehead atoms. The lowest BCUT2D eigenvalue weighted by atomic mass is 9.91. The highest BCUT2D eigenvalue weighted by Gasteiger charge is 2.29. The lowest BCUT2D eigenvalue weighted by molar-refractivity contribution is 0.272. The standard InChI is InChI=1S/C15H16BrN3O2/c16-13-9-4-2-5-20-14(9)12(10-7-11(17)19-18-10)8-3-1-6-21-15(8)13/h7H,1-6H2,(H3,17,18,19). The number of aromatic nitrogens is 2. The molecular formula is C15H16BrN3O2. The van der Waals surface area contributed by atoms with Crippen molar-refractivity contribution >= 4 is 21.7 Å². The van der Waals surface area contributed by atoms with Gasteiger partial charge in [0.05, 0.1) is 23.4 Å². The highest BCUT2D eigenvalue weighted by molar-refractivity contribution is 9.10. The van der Waals surface area contributed by atoms with Crippen LogP contribution in [0.4, 0.5) is 5.82 Å². The van der Waals surface area contributed by atoms with Crippen LogP contribution in [0.15, 0.2) is 10.5 Å². The zero-order chi connectivity index (χ0) is 14.4. The van der Waals surface area contributed by atoms with E-state index in [-0.39, 0.29) is 0 Å². The van der Waals surface area contributed by atoms with Gasteiger partial charge in [-0.15, -0.1) is 0 Å². The number of nitrogens with two attached hydrogens (primary N) is 1. The number of aromatic amines is 1. The van der Waals surface area contributed by atoms with Gasteiger partial charge in [-0.2, -0.15) is 5.10 Å². The van der Waals surface area contributed by atoms with Gasteiger partial charge < -0.3 is 15.2 Å². The number of nitrogens with zero attached hydrogens (tertiary/aromatic N) is 1. The molecule has 2 aromatic rings. The molecule has 2 aliphatic rings. The Labute approximate surface area is 130 Å². The molecule has 3 heterocycles. The van der Waals surface area contributed by atoms with Crippen LogP contribution in [0.1, 0.15) is 24.0 Å². The molecule has 0 fully saturated rings. The third-order valence-electron chi connectivity index (χ3n) is 4.04. The fraction of sp³-hybridized carbons (Fsp3) is 0.400. The van der Waals surface area contributed by atoms with E-state index >= 15 is 0 Å². The second kappa shape index (κ2) is 4.94. The Morgan fingerprint density at radius 2 is 1.81 bits per heavy atom. The van der Waals surface area contributed by atoms with Gasteiger partial charge in [-0.05, 0) is 41.6 Å². The van der Waals surface area contributed by atoms with Gasteiger partial charge in [0.2, 0.25) is 0 Å². The number of ether oxygens (including phenoxy) is 2. The largest absolute Gasteiger partial charge is 0.493 e. The molecule has 21 heavy (non-hydrogen) atoms. The second-order valence-electron chi connectivity index (χ2n) is 5.41. The number of benzene rings is 1. The van der Waals surface area contributed by atoms with E-state index < -0.39 is 0 Å². The fourth-order valence-electron chi connectivity index (χ4n) is 3.14. The Hall–Kier alpha value is -1.69. The lowest BCUT2D eigenvalue weighted by Gasteiger charge is -2.28. The maximum atomic E-state index is 5.99. The van der Waals surface area contributed by atoms with E-state index in [9.17, 15) is 0 Å². The van der Waals surface area contributed by atoms with Crippen LogP contribution in [0, 0.1) is 0 Å². The van der Waals surface area contributed by atoms with Gasteiger partial charge in [0.25, 0.3) is 0 Å². The normalized spacial score (nSPS) is 16.6. The summed E-state index contributed by atoms with van der Waals surface area (Å²) in [6, 6.07) is 1.86. The number of halogens is 1. The van der Waals surface area contributed by atoms with E-state index in [1.165, 1.54) is 11.1 Å². The first kappa shape index (κ1) is 13.0. The minimum atomic E-state index is 0.489. The van der Waals surface area contributed by atoms with Gasteiger partial charge in [0, 0.05) is 22.8 Å². The molecule has 4 rings (SSSR count). The van der Waals surface area contributed by atoms with E-state index in [0.29, 0.717) is 5.82 Å². The van der Waals surface area contributed by atoms with Crippen molar-refractivity contribution in [3.8, 4) is 22.8 Å². The summed E-state index contributed by atoms with van der Waals surface area (Å²) >= 11 is 3.71. The van der Waals surface area contributed by atoms with Gasteiger partial charge >= 0.3 is 0 Å². The quantitative estimate of drug-likeness (QED) is 0.829. The Morgan fingerprint density at radius 3 is 2.52 bits per heavy atom. The van der Waals surface area contributed by atoms with Crippen molar-refractivity contribution in [1.29, 1.82) is 0 Å². The van der Waals surface area contributed by atoms with E-state index in [0.717, 1.165) is 66.1 Å². The zero-order valence-electron chi connectivity index (χ0n) is 11.5. The molecule has 0 spiro atoms. The van der Waals surface area contributed by atoms with Gasteiger partial charge in [-0.25, -0.2) is 0 Å². The maximum Gasteiger partial charge on any atom is 0.145 e. The topological polar surface area (TPSA) is 73.2 Å². The molecule has 0 atom stereocenters. The van der Waals surface area contributed by atoms with Crippen LogP contribution in [0.5, 0.6) is 11.5 Å². The van der Waals surface area contributed by atoms with Crippen molar-refractivity contribution in [3.63, 3.8) is 0 Å². The highest BCUT2D eigenvalue weighted by atomic mass is 79.9. The zero-order valence-corrected chi connectivity index (χ0v) is 13.1. The molecule has 6 heteroatoms. The van der Waals surface area contributed by atoms with Crippen LogP contribution in [0.2, 0.25) is 0 Å². The monoisotopic (exact) mass is 349 g/mol. The molecule has 3 N–H and O–H groups in total. The average Bonchev–Trinajstić information content (AvgIpc) is 2.94. The van der Waals surface area contributed by atoms with E-state index in [2.05, 4.69) is 26.1 Å². The maximum absolute atomic E-state index is 5.99. The van der Waals surface area contributed by atoms with Gasteiger partial charge in [0.15, 0.2) is 0 Å². The molecular weight excluding hydrogens is 334 g/mol. The lowest BCUT2D eigenvalue weighted by Crippen LogP contribution is -2.16. The number of anilines is 1. The van der Waals surface area contributed by atoms with E-state index in [1.54, 1.807) is 0 Å². The van der Waals surface area contributed by atoms with Crippen LogP contribution in [0.3, 0.4) is 0 Å². The first-order chi connectivity index (χ1) is 10.3. The van der Waals surface area contributed by atoms with Crippen molar-refractivity contribution in [1.82, 2.24) is 10.2 Å². The molecule has 1 aromatic carbocycles. The number of nitrogen functional groups attached to an aromatic ring is 1. The van der Waals surface area contributed by atoms with Crippen LogP contribution in [0.25, 0.3) is 11.3 Å². The molecule has 1 aromatic heterocycles. The molecule has 110 valence electrons. The minimum Gasteiger partial charge on any atom is -0.493 e. The number of nitrogens with one attached hydrogen (secondary N) is 1. The van der Waals surface area contributed by atoms with Crippen LogP contribution < -0.4 is 15.2 Å². The molecule has 0 amide bonds. The molecule has 0 aliphatic carbocycles. The third-order valence-corrected chi connectivity index (χ3v) is 4.88. The van der Waals surface area contributed by atoms with Crippen molar-refractivity contribution in [2.24, 2.45) is 0 Å². The number of fused-ring (bicyclic) bond motifs is 2. The average molecular weight is 350 g/mol. The second-order valence-corrected chi connectivity index (χ2v) is 6.21. The summed E-state index contributed by atoms with van der Waals surface area (Å²) in [4.78, 5) is 0. The SMILES string of the molecule is Nc1cc(-c2c3c(c(Br)c4c2OCCC4)OCCC3)[nH]n1. The van der Waals surface area contributed by atoms with Gasteiger partial charge in [-0.3, -0.25) is 5.10 Å². The van der Waals surface area contributed by atoms with E-state index in [1.807, 2.05) is 6.07 Å². The first-order valence-electron chi connectivity index (χ1n) is 7.19. The van der Waals surface area contributed by atoms with Crippen molar-refractivity contribution in [2.45, 2.75) is 25.7 Å². The number of hydrogen-bond acceptors (Lipinski definition) is 4. The summed E-state index contributed by atoms with van der Waals surface area (Å²) in [6.45, 7) is 1.51. The summed E-state index contributed by atoms with van der Waals surface area (Å²) in [5.74, 6) is 2.39. The first-order valence-corrected chi connectivity index (χ1v) is 7.99. The smallest absolute Gasteiger partial charge is 0.145 e. The molecule has 5 nitrogen and oxygen atoms in total. The number of rotatable bonds is 1. The Morgan fingerprint density at radius 1 is 1.10 bits per heavy atom. The predicted molar refractivity (Wildman–Crippen MR) is 83.8 cm³/mol.